The van der Waals surface area contributed by atoms with Crippen molar-refractivity contribution in [2.24, 2.45) is 0 Å². The van der Waals surface area contributed by atoms with Gasteiger partial charge in [0, 0.05) is 12.1 Å². The van der Waals surface area contributed by atoms with E-state index in [0.29, 0.717) is 16.7 Å². The maximum atomic E-state index is 5.98. The van der Waals surface area contributed by atoms with E-state index in [1.54, 1.807) is 17.8 Å². The van der Waals surface area contributed by atoms with Crippen LogP contribution in [-0.4, -0.2) is 19.9 Å². The van der Waals surface area contributed by atoms with Gasteiger partial charge in [-0.3, -0.25) is 0 Å². The maximum absolute atomic E-state index is 5.98. The van der Waals surface area contributed by atoms with Gasteiger partial charge in [0.1, 0.15) is 33.3 Å². The molecule has 0 fully saturated rings. The number of thioether (sulfide) groups is 1. The van der Waals surface area contributed by atoms with Crippen molar-refractivity contribution < 1.29 is 4.74 Å². The minimum atomic E-state index is 0.451. The molecule has 5 nitrogen and oxygen atoms in total. The molecule has 0 aliphatic carbocycles. The number of nitrogens with one attached hydrogen (secondary N) is 1. The van der Waals surface area contributed by atoms with E-state index in [1.807, 2.05) is 55.5 Å². The highest BCUT2D eigenvalue weighted by molar-refractivity contribution is 7.98. The van der Waals surface area contributed by atoms with Crippen LogP contribution in [0.4, 0.5) is 0 Å². The molecule has 4 rings (SSSR count). The fourth-order valence-corrected chi connectivity index (χ4v) is 3.62. The number of halogens is 1. The Balaban J connectivity index is 1.50. The predicted octanol–water partition coefficient (Wildman–Crippen LogP) is 5.40. The number of hydrogen-bond donors (Lipinski definition) is 1. The summed E-state index contributed by atoms with van der Waals surface area (Å²) < 4.78 is 5.87. The number of rotatable bonds is 5. The average Bonchev–Trinajstić information content (AvgIpc) is 3.02. The lowest BCUT2D eigenvalue weighted by atomic mass is 10.3. The molecule has 2 aromatic heterocycles. The zero-order valence-electron chi connectivity index (χ0n) is 13.9. The van der Waals surface area contributed by atoms with E-state index < -0.39 is 0 Å². The minimum Gasteiger partial charge on any atom is -0.457 e. The standard InChI is InChI=1S/C19H15ClN4OS/c1-12-21-17(20)10-19(22-12)26-11-18-23-15-8-7-14(9-16(15)24-18)25-13-5-3-2-4-6-13/h2-10H,11H2,1H3,(H,23,24). The van der Waals surface area contributed by atoms with Gasteiger partial charge in [-0.05, 0) is 31.2 Å². The highest BCUT2D eigenvalue weighted by atomic mass is 35.5. The monoisotopic (exact) mass is 382 g/mol. The highest BCUT2D eigenvalue weighted by Crippen LogP contribution is 2.27. The van der Waals surface area contributed by atoms with E-state index >= 15 is 0 Å². The molecular weight excluding hydrogens is 368 g/mol. The van der Waals surface area contributed by atoms with Crippen molar-refractivity contribution in [3.8, 4) is 11.5 Å². The molecule has 7 heteroatoms. The Morgan fingerprint density at radius 3 is 2.65 bits per heavy atom. The van der Waals surface area contributed by atoms with Gasteiger partial charge in [0.25, 0.3) is 0 Å². The summed E-state index contributed by atoms with van der Waals surface area (Å²) in [5.74, 6) is 3.76. The normalized spacial score (nSPS) is 11.0. The maximum Gasteiger partial charge on any atom is 0.133 e. The van der Waals surface area contributed by atoms with Crippen LogP contribution in [0.2, 0.25) is 5.15 Å². The number of aromatic amines is 1. The molecule has 0 saturated carbocycles. The summed E-state index contributed by atoms with van der Waals surface area (Å²) in [5.41, 5.74) is 1.84. The van der Waals surface area contributed by atoms with Gasteiger partial charge in [-0.25, -0.2) is 15.0 Å². The summed E-state index contributed by atoms with van der Waals surface area (Å²) in [6.45, 7) is 1.82. The Labute approximate surface area is 159 Å². The molecule has 0 aliphatic heterocycles. The minimum absolute atomic E-state index is 0.451. The molecule has 0 aliphatic rings. The Morgan fingerprint density at radius 1 is 1.00 bits per heavy atom. The summed E-state index contributed by atoms with van der Waals surface area (Å²) >= 11 is 7.54. The van der Waals surface area contributed by atoms with Crippen molar-refractivity contribution in [1.82, 2.24) is 19.9 Å². The van der Waals surface area contributed by atoms with Gasteiger partial charge < -0.3 is 9.72 Å². The molecule has 26 heavy (non-hydrogen) atoms. The molecule has 2 aromatic carbocycles. The summed E-state index contributed by atoms with van der Waals surface area (Å²) in [4.78, 5) is 16.4. The van der Waals surface area contributed by atoms with Gasteiger partial charge in [-0.15, -0.1) is 0 Å². The van der Waals surface area contributed by atoms with Crippen LogP contribution in [0.3, 0.4) is 0 Å². The van der Waals surface area contributed by atoms with Crippen molar-refractivity contribution in [2.45, 2.75) is 17.7 Å². The van der Waals surface area contributed by atoms with E-state index in [9.17, 15) is 0 Å². The smallest absolute Gasteiger partial charge is 0.133 e. The van der Waals surface area contributed by atoms with E-state index in [1.165, 1.54) is 0 Å². The highest BCUT2D eigenvalue weighted by Gasteiger charge is 2.07. The molecule has 1 N–H and O–H groups in total. The van der Waals surface area contributed by atoms with E-state index in [0.717, 1.165) is 33.4 Å². The zero-order chi connectivity index (χ0) is 17.9. The van der Waals surface area contributed by atoms with Crippen LogP contribution < -0.4 is 4.74 Å². The number of ether oxygens (including phenoxy) is 1. The van der Waals surface area contributed by atoms with Crippen LogP contribution in [-0.2, 0) is 5.75 Å². The molecule has 0 spiro atoms. The fraction of sp³-hybridized carbons (Fsp3) is 0.105. The summed E-state index contributed by atoms with van der Waals surface area (Å²) in [5, 5.41) is 1.28. The van der Waals surface area contributed by atoms with Gasteiger partial charge in [-0.1, -0.05) is 41.6 Å². The second-order valence-electron chi connectivity index (χ2n) is 5.64. The largest absolute Gasteiger partial charge is 0.457 e. The third kappa shape index (κ3) is 3.98. The third-order valence-electron chi connectivity index (χ3n) is 3.62. The Hall–Kier alpha value is -2.57. The molecule has 0 saturated heterocycles. The molecule has 130 valence electrons. The lowest BCUT2D eigenvalue weighted by Crippen LogP contribution is -1.91. The molecular formula is C19H15ClN4OS. The van der Waals surface area contributed by atoms with Crippen LogP contribution in [0, 0.1) is 6.92 Å². The summed E-state index contributed by atoms with van der Waals surface area (Å²) in [6.07, 6.45) is 0. The van der Waals surface area contributed by atoms with Crippen molar-refractivity contribution >= 4 is 34.4 Å². The number of imidazole rings is 1. The Kier molecular flexibility index (Phi) is 4.77. The third-order valence-corrected chi connectivity index (χ3v) is 4.74. The van der Waals surface area contributed by atoms with Gasteiger partial charge >= 0.3 is 0 Å². The second-order valence-corrected chi connectivity index (χ2v) is 7.03. The lowest BCUT2D eigenvalue weighted by Gasteiger charge is -2.04. The summed E-state index contributed by atoms with van der Waals surface area (Å²) in [6, 6.07) is 17.3. The van der Waals surface area contributed by atoms with E-state index in [4.69, 9.17) is 16.3 Å². The first-order chi connectivity index (χ1) is 12.7. The molecule has 4 aromatic rings. The Morgan fingerprint density at radius 2 is 1.85 bits per heavy atom. The predicted molar refractivity (Wildman–Crippen MR) is 104 cm³/mol. The first-order valence-electron chi connectivity index (χ1n) is 8.01. The van der Waals surface area contributed by atoms with Crippen LogP contribution in [0.5, 0.6) is 11.5 Å². The molecule has 0 unspecified atom stereocenters. The summed E-state index contributed by atoms with van der Waals surface area (Å²) in [7, 11) is 0. The van der Waals surface area contributed by atoms with Crippen LogP contribution in [0.1, 0.15) is 11.6 Å². The van der Waals surface area contributed by atoms with Crippen molar-refractivity contribution in [2.75, 3.05) is 0 Å². The number of H-pyrrole nitrogens is 1. The second kappa shape index (κ2) is 7.35. The number of aryl methyl sites for hydroxylation is 1. The quantitative estimate of drug-likeness (QED) is 0.370. The van der Waals surface area contributed by atoms with Crippen molar-refractivity contribution in [3.05, 3.63) is 71.4 Å². The van der Waals surface area contributed by atoms with Crippen molar-refractivity contribution in [1.29, 1.82) is 0 Å². The number of hydrogen-bond acceptors (Lipinski definition) is 5. The molecule has 0 amide bonds. The first kappa shape index (κ1) is 16.9. The number of nitrogens with zero attached hydrogens (tertiary/aromatic N) is 3. The zero-order valence-corrected chi connectivity index (χ0v) is 15.5. The van der Waals surface area contributed by atoms with E-state index in [-0.39, 0.29) is 0 Å². The molecule has 2 heterocycles. The Bertz CT molecular complexity index is 1030. The topological polar surface area (TPSA) is 63.7 Å². The number of para-hydroxylation sites is 1. The fourth-order valence-electron chi connectivity index (χ4n) is 2.52. The van der Waals surface area contributed by atoms with Gasteiger partial charge in [0.15, 0.2) is 0 Å². The molecule has 0 radical (unpaired) electrons. The van der Waals surface area contributed by atoms with Gasteiger partial charge in [0.05, 0.1) is 16.8 Å². The average molecular weight is 383 g/mol. The van der Waals surface area contributed by atoms with Gasteiger partial charge in [-0.2, -0.15) is 0 Å². The molecule has 0 bridgehead atoms. The van der Waals surface area contributed by atoms with E-state index in [2.05, 4.69) is 19.9 Å². The van der Waals surface area contributed by atoms with Crippen LogP contribution >= 0.6 is 23.4 Å². The number of fused-ring (bicyclic) bond motifs is 1. The van der Waals surface area contributed by atoms with Crippen LogP contribution in [0.25, 0.3) is 11.0 Å². The first-order valence-corrected chi connectivity index (χ1v) is 9.37. The number of aromatic nitrogens is 4. The number of benzene rings is 2. The van der Waals surface area contributed by atoms with Crippen molar-refractivity contribution in [3.63, 3.8) is 0 Å². The molecule has 0 atom stereocenters. The van der Waals surface area contributed by atoms with Gasteiger partial charge in [0.2, 0.25) is 0 Å². The van der Waals surface area contributed by atoms with Crippen LogP contribution in [0.15, 0.2) is 59.6 Å². The SMILES string of the molecule is Cc1nc(Cl)cc(SCc2nc3ccc(Oc4ccccc4)cc3[nH]2)n1. The lowest BCUT2D eigenvalue weighted by molar-refractivity contribution is 0.483.